The van der Waals surface area contributed by atoms with Crippen LogP contribution in [0.25, 0.3) is 0 Å². The van der Waals surface area contributed by atoms with Gasteiger partial charge in [-0.15, -0.1) is 0 Å². The van der Waals surface area contributed by atoms with E-state index in [1.165, 1.54) is 0 Å². The number of aromatic nitrogens is 2. The highest BCUT2D eigenvalue weighted by molar-refractivity contribution is 6.53. The van der Waals surface area contributed by atoms with Crippen molar-refractivity contribution in [3.05, 3.63) is 60.2 Å². The van der Waals surface area contributed by atoms with Gasteiger partial charge in [-0.25, -0.2) is 0 Å². The van der Waals surface area contributed by atoms with Crippen molar-refractivity contribution in [3.63, 3.8) is 0 Å². The molecule has 2 aromatic heterocycles. The topological polar surface area (TPSA) is 50.5 Å². The van der Waals surface area contributed by atoms with E-state index >= 15 is 0 Å². The second-order valence-corrected chi connectivity index (χ2v) is 6.47. The van der Waals surface area contributed by atoms with Gasteiger partial charge in [-0.3, -0.25) is 20.0 Å². The fourth-order valence-corrected chi connectivity index (χ4v) is 2.30. The van der Waals surface area contributed by atoms with Crippen LogP contribution in [0.15, 0.2) is 58.8 Å². The van der Waals surface area contributed by atoms with Gasteiger partial charge in [0.2, 0.25) is 0 Å². The van der Waals surface area contributed by atoms with E-state index in [-0.39, 0.29) is 11.1 Å². The Balaban J connectivity index is 2.20. The number of hydrogen-bond acceptors (Lipinski definition) is 4. The summed E-state index contributed by atoms with van der Waals surface area (Å²) in [4.78, 5) is 18.9. The van der Waals surface area contributed by atoms with Gasteiger partial charge in [0, 0.05) is 12.4 Å². The molecule has 0 saturated carbocycles. The maximum Gasteiger partial charge on any atom is 0.111 e. The van der Waals surface area contributed by atoms with Crippen LogP contribution in [-0.4, -0.2) is 32.5 Å². The first kappa shape index (κ1) is 14.6. The lowest BCUT2D eigenvalue weighted by Gasteiger charge is -2.39. The Hall–Kier alpha value is -2.36. The maximum absolute atomic E-state index is 4.98. The van der Waals surface area contributed by atoms with Crippen molar-refractivity contribution in [1.29, 1.82) is 0 Å². The van der Waals surface area contributed by atoms with E-state index in [4.69, 9.17) is 9.98 Å². The summed E-state index contributed by atoms with van der Waals surface area (Å²) in [5.74, 6) is 0. The van der Waals surface area contributed by atoms with Gasteiger partial charge < -0.3 is 0 Å². The average molecular weight is 292 g/mol. The monoisotopic (exact) mass is 292 g/mol. The summed E-state index contributed by atoms with van der Waals surface area (Å²) in [6.07, 6.45) is 3.56. The van der Waals surface area contributed by atoms with Crippen LogP contribution in [0.3, 0.4) is 0 Å². The van der Waals surface area contributed by atoms with Gasteiger partial charge in [-0.05, 0) is 52.0 Å². The van der Waals surface area contributed by atoms with Gasteiger partial charge in [0.05, 0.1) is 22.5 Å². The summed E-state index contributed by atoms with van der Waals surface area (Å²) >= 11 is 0. The number of aliphatic imine (C=N–C) groups is 2. The molecular formula is C18H20N4. The molecule has 0 spiro atoms. The molecule has 1 aliphatic rings. The number of hydrogen-bond donors (Lipinski definition) is 0. The molecule has 3 rings (SSSR count). The molecule has 112 valence electrons. The van der Waals surface area contributed by atoms with Gasteiger partial charge in [-0.2, -0.15) is 0 Å². The molecule has 0 radical (unpaired) electrons. The second-order valence-electron chi connectivity index (χ2n) is 6.47. The zero-order chi connectivity index (χ0) is 15.8. The molecule has 0 atom stereocenters. The predicted molar refractivity (Wildman–Crippen MR) is 89.7 cm³/mol. The van der Waals surface area contributed by atoms with Crippen molar-refractivity contribution in [1.82, 2.24) is 9.97 Å². The summed E-state index contributed by atoms with van der Waals surface area (Å²) in [5, 5.41) is 0. The van der Waals surface area contributed by atoms with Crippen LogP contribution in [0.1, 0.15) is 39.1 Å². The molecule has 0 aliphatic carbocycles. The standard InChI is InChI=1S/C18H20N4/c1-17(2)18(3,4)22-16(14-10-6-8-12-20-14)15(21-17)13-9-5-7-11-19-13/h5-12H,1-4H3. The molecule has 0 N–H and O–H groups in total. The third kappa shape index (κ3) is 2.45. The summed E-state index contributed by atoms with van der Waals surface area (Å²) in [7, 11) is 0. The molecule has 4 nitrogen and oxygen atoms in total. The highest BCUT2D eigenvalue weighted by Gasteiger charge is 2.41. The Morgan fingerprint density at radius 2 is 1.05 bits per heavy atom. The van der Waals surface area contributed by atoms with Gasteiger partial charge >= 0.3 is 0 Å². The Kier molecular flexibility index (Phi) is 3.39. The second kappa shape index (κ2) is 5.13. The van der Waals surface area contributed by atoms with Crippen LogP contribution in [0.4, 0.5) is 0 Å². The summed E-state index contributed by atoms with van der Waals surface area (Å²) in [6.45, 7) is 8.42. The lowest BCUT2D eigenvalue weighted by atomic mass is 9.81. The average Bonchev–Trinajstić information content (AvgIpc) is 2.51. The van der Waals surface area contributed by atoms with Crippen molar-refractivity contribution < 1.29 is 0 Å². The zero-order valence-electron chi connectivity index (χ0n) is 13.4. The number of nitrogens with zero attached hydrogens (tertiary/aromatic N) is 4. The highest BCUT2D eigenvalue weighted by Crippen LogP contribution is 2.34. The summed E-state index contributed by atoms with van der Waals surface area (Å²) in [6, 6.07) is 11.7. The molecule has 22 heavy (non-hydrogen) atoms. The van der Waals surface area contributed by atoms with Crippen LogP contribution >= 0.6 is 0 Å². The van der Waals surface area contributed by atoms with E-state index < -0.39 is 0 Å². The van der Waals surface area contributed by atoms with Crippen LogP contribution in [0.5, 0.6) is 0 Å². The lowest BCUT2D eigenvalue weighted by molar-refractivity contribution is 0.312. The van der Waals surface area contributed by atoms with E-state index in [1.54, 1.807) is 12.4 Å². The zero-order valence-corrected chi connectivity index (χ0v) is 13.4. The molecular weight excluding hydrogens is 272 g/mol. The minimum atomic E-state index is -0.307. The summed E-state index contributed by atoms with van der Waals surface area (Å²) < 4.78 is 0. The van der Waals surface area contributed by atoms with Crippen LogP contribution < -0.4 is 0 Å². The van der Waals surface area contributed by atoms with Gasteiger partial charge in [-0.1, -0.05) is 12.1 Å². The summed E-state index contributed by atoms with van der Waals surface area (Å²) in [5.41, 5.74) is 2.66. The van der Waals surface area contributed by atoms with Crippen molar-refractivity contribution in [3.8, 4) is 0 Å². The molecule has 0 unspecified atom stereocenters. The molecule has 0 aromatic carbocycles. The van der Waals surface area contributed by atoms with E-state index in [0.717, 1.165) is 22.8 Å². The predicted octanol–water partition coefficient (Wildman–Crippen LogP) is 3.33. The Morgan fingerprint density at radius 1 is 0.636 bits per heavy atom. The van der Waals surface area contributed by atoms with E-state index in [2.05, 4.69) is 37.7 Å². The van der Waals surface area contributed by atoms with Crippen LogP contribution in [0, 0.1) is 0 Å². The Morgan fingerprint density at radius 3 is 1.36 bits per heavy atom. The van der Waals surface area contributed by atoms with Crippen LogP contribution in [0.2, 0.25) is 0 Å². The normalized spacial score (nSPS) is 19.3. The Bertz CT molecular complexity index is 663. The first-order valence-corrected chi connectivity index (χ1v) is 7.44. The minimum absolute atomic E-state index is 0.307. The third-order valence-electron chi connectivity index (χ3n) is 4.32. The lowest BCUT2D eigenvalue weighted by Crippen LogP contribution is -2.48. The molecule has 1 aliphatic heterocycles. The third-order valence-corrected chi connectivity index (χ3v) is 4.32. The van der Waals surface area contributed by atoms with Gasteiger partial charge in [0.15, 0.2) is 0 Å². The van der Waals surface area contributed by atoms with Crippen molar-refractivity contribution in [2.24, 2.45) is 9.98 Å². The smallest absolute Gasteiger partial charge is 0.111 e. The molecule has 2 aromatic rings. The first-order chi connectivity index (χ1) is 10.4. The minimum Gasteiger partial charge on any atom is -0.272 e. The SMILES string of the molecule is CC1(C)N=C(c2ccccn2)C(c2ccccn2)=NC1(C)C. The molecule has 0 amide bonds. The number of pyridine rings is 2. The number of rotatable bonds is 2. The van der Waals surface area contributed by atoms with Gasteiger partial charge in [0.25, 0.3) is 0 Å². The maximum atomic E-state index is 4.98. The van der Waals surface area contributed by atoms with E-state index in [0.29, 0.717) is 0 Å². The molecule has 0 fully saturated rings. The van der Waals surface area contributed by atoms with Crippen LogP contribution in [-0.2, 0) is 0 Å². The molecule has 0 saturated heterocycles. The van der Waals surface area contributed by atoms with Gasteiger partial charge in [0.1, 0.15) is 11.4 Å². The molecule has 3 heterocycles. The van der Waals surface area contributed by atoms with Crippen molar-refractivity contribution in [2.45, 2.75) is 38.8 Å². The van der Waals surface area contributed by atoms with Crippen molar-refractivity contribution >= 4 is 11.4 Å². The largest absolute Gasteiger partial charge is 0.272 e. The fraction of sp³-hybridized carbons (Fsp3) is 0.333. The van der Waals surface area contributed by atoms with Crippen molar-refractivity contribution in [2.75, 3.05) is 0 Å². The quantitative estimate of drug-likeness (QED) is 0.852. The highest BCUT2D eigenvalue weighted by atomic mass is 15.1. The Labute approximate surface area is 131 Å². The first-order valence-electron chi connectivity index (χ1n) is 7.44. The van der Waals surface area contributed by atoms with E-state index in [1.807, 2.05) is 36.4 Å². The van der Waals surface area contributed by atoms with E-state index in [9.17, 15) is 0 Å². The molecule has 0 bridgehead atoms. The molecule has 4 heteroatoms. The fourth-order valence-electron chi connectivity index (χ4n) is 2.30.